The molecule has 0 radical (unpaired) electrons. The molecule has 0 rings (SSSR count). The molecule has 0 aromatic heterocycles. The highest BCUT2D eigenvalue weighted by Crippen LogP contribution is 1.81. The number of rotatable bonds is 2. The standard InChI is InChI=1S/C5H10O3.HI/c1-3-7-5(6)8-4-2;/h3-4H2,1-2H3;1H. The fourth-order valence-electron chi connectivity index (χ4n) is 0.277. The second-order valence-corrected chi connectivity index (χ2v) is 1.12. The Hall–Kier alpha value is 0. The molecule has 0 unspecified atom stereocenters. The minimum atomic E-state index is -0.588. The van der Waals surface area contributed by atoms with Crippen LogP contribution in [0.5, 0.6) is 0 Å². The molecule has 0 N–H and O–H groups in total. The molecule has 0 bridgehead atoms. The highest BCUT2D eigenvalue weighted by molar-refractivity contribution is 14.0. The SMILES string of the molecule is CCOC(=O)OCC.I. The first-order chi connectivity index (χ1) is 3.81. The molecule has 0 amide bonds. The Bertz CT molecular complexity index is 66.6. The topological polar surface area (TPSA) is 35.5 Å². The summed E-state index contributed by atoms with van der Waals surface area (Å²) in [6.07, 6.45) is -0.588. The number of hydrogen-bond donors (Lipinski definition) is 0. The molecule has 0 fully saturated rings. The summed E-state index contributed by atoms with van der Waals surface area (Å²) in [5.74, 6) is 0. The van der Waals surface area contributed by atoms with Crippen molar-refractivity contribution in [2.24, 2.45) is 0 Å². The van der Waals surface area contributed by atoms with Gasteiger partial charge in [0, 0.05) is 0 Å². The summed E-state index contributed by atoms with van der Waals surface area (Å²) < 4.78 is 8.84. The Balaban J connectivity index is 0. The Labute approximate surface area is 71.7 Å². The predicted octanol–water partition coefficient (Wildman–Crippen LogP) is 1.80. The fraction of sp³-hybridized carbons (Fsp3) is 0.800. The molecule has 0 aromatic carbocycles. The largest absolute Gasteiger partial charge is 0.508 e. The van der Waals surface area contributed by atoms with Gasteiger partial charge in [-0.1, -0.05) is 0 Å². The number of hydrogen-bond acceptors (Lipinski definition) is 3. The van der Waals surface area contributed by atoms with E-state index in [-0.39, 0.29) is 24.0 Å². The Morgan fingerprint density at radius 1 is 1.22 bits per heavy atom. The lowest BCUT2D eigenvalue weighted by Gasteiger charge is -1.98. The van der Waals surface area contributed by atoms with E-state index in [1.165, 1.54) is 0 Å². The van der Waals surface area contributed by atoms with Crippen LogP contribution in [0.15, 0.2) is 0 Å². The van der Waals surface area contributed by atoms with Gasteiger partial charge in [0.25, 0.3) is 0 Å². The zero-order chi connectivity index (χ0) is 6.41. The zero-order valence-electron chi connectivity index (χ0n) is 5.55. The van der Waals surface area contributed by atoms with Gasteiger partial charge in [0.15, 0.2) is 0 Å². The highest BCUT2D eigenvalue weighted by atomic mass is 127. The predicted molar refractivity (Wildman–Crippen MR) is 44.1 cm³/mol. The second-order valence-electron chi connectivity index (χ2n) is 1.12. The minimum absolute atomic E-state index is 0. The van der Waals surface area contributed by atoms with Crippen molar-refractivity contribution in [3.8, 4) is 0 Å². The van der Waals surface area contributed by atoms with Crippen molar-refractivity contribution in [1.29, 1.82) is 0 Å². The van der Waals surface area contributed by atoms with E-state index in [2.05, 4.69) is 9.47 Å². The van der Waals surface area contributed by atoms with Crippen LogP contribution in [-0.4, -0.2) is 19.4 Å². The van der Waals surface area contributed by atoms with E-state index in [0.717, 1.165) is 0 Å². The summed E-state index contributed by atoms with van der Waals surface area (Å²) in [6, 6.07) is 0. The van der Waals surface area contributed by atoms with Crippen LogP contribution >= 0.6 is 24.0 Å². The minimum Gasteiger partial charge on any atom is -0.435 e. The van der Waals surface area contributed by atoms with Crippen molar-refractivity contribution in [2.75, 3.05) is 13.2 Å². The van der Waals surface area contributed by atoms with E-state index in [0.29, 0.717) is 13.2 Å². The maximum atomic E-state index is 10.2. The Morgan fingerprint density at radius 2 is 1.56 bits per heavy atom. The molecular weight excluding hydrogens is 235 g/mol. The fourth-order valence-corrected chi connectivity index (χ4v) is 0.277. The van der Waals surface area contributed by atoms with Crippen LogP contribution in [0, 0.1) is 0 Å². The Morgan fingerprint density at radius 3 is 1.78 bits per heavy atom. The van der Waals surface area contributed by atoms with E-state index in [1.54, 1.807) is 13.8 Å². The molecule has 0 atom stereocenters. The van der Waals surface area contributed by atoms with Gasteiger partial charge in [0.2, 0.25) is 0 Å². The van der Waals surface area contributed by atoms with Gasteiger partial charge >= 0.3 is 6.16 Å². The van der Waals surface area contributed by atoms with Crippen molar-refractivity contribution < 1.29 is 14.3 Å². The van der Waals surface area contributed by atoms with Gasteiger partial charge in [-0.25, -0.2) is 4.79 Å². The van der Waals surface area contributed by atoms with Crippen molar-refractivity contribution in [2.45, 2.75) is 13.8 Å². The first-order valence-corrected chi connectivity index (χ1v) is 2.60. The van der Waals surface area contributed by atoms with Crippen LogP contribution in [-0.2, 0) is 9.47 Å². The molecule has 0 aliphatic rings. The molecule has 9 heavy (non-hydrogen) atoms. The molecule has 0 aromatic rings. The second kappa shape index (κ2) is 8.00. The summed E-state index contributed by atoms with van der Waals surface area (Å²) in [5, 5.41) is 0. The molecule has 0 saturated heterocycles. The monoisotopic (exact) mass is 246 g/mol. The number of halogens is 1. The smallest absolute Gasteiger partial charge is 0.435 e. The Kier molecular flexibility index (Phi) is 10.4. The first kappa shape index (κ1) is 11.8. The van der Waals surface area contributed by atoms with Crippen molar-refractivity contribution in [3.63, 3.8) is 0 Å². The maximum Gasteiger partial charge on any atom is 0.508 e. The summed E-state index contributed by atoms with van der Waals surface area (Å²) in [5.41, 5.74) is 0. The third-order valence-corrected chi connectivity index (χ3v) is 0.524. The van der Waals surface area contributed by atoms with Gasteiger partial charge in [-0.3, -0.25) is 0 Å². The van der Waals surface area contributed by atoms with E-state index < -0.39 is 6.16 Å². The number of carbonyl (C=O) groups excluding carboxylic acids is 1. The van der Waals surface area contributed by atoms with Crippen LogP contribution in [0.4, 0.5) is 4.79 Å². The van der Waals surface area contributed by atoms with Crippen molar-refractivity contribution in [3.05, 3.63) is 0 Å². The molecule has 0 saturated carbocycles. The molecule has 56 valence electrons. The summed E-state index contributed by atoms with van der Waals surface area (Å²) >= 11 is 0. The quantitative estimate of drug-likeness (QED) is 0.550. The van der Waals surface area contributed by atoms with E-state index in [4.69, 9.17) is 0 Å². The van der Waals surface area contributed by atoms with Gasteiger partial charge in [-0.15, -0.1) is 24.0 Å². The van der Waals surface area contributed by atoms with Gasteiger partial charge in [0.1, 0.15) is 0 Å². The molecule has 3 nitrogen and oxygen atoms in total. The first-order valence-electron chi connectivity index (χ1n) is 2.60. The molecule has 0 spiro atoms. The molecule has 0 aliphatic carbocycles. The molecular formula is C5H11IO3. The normalized spacial score (nSPS) is 7.33. The van der Waals surface area contributed by atoms with E-state index in [1.807, 2.05) is 0 Å². The van der Waals surface area contributed by atoms with Crippen LogP contribution in [0.2, 0.25) is 0 Å². The van der Waals surface area contributed by atoms with Gasteiger partial charge in [-0.05, 0) is 13.8 Å². The summed E-state index contributed by atoms with van der Waals surface area (Å²) in [4.78, 5) is 10.2. The number of ether oxygens (including phenoxy) is 2. The van der Waals surface area contributed by atoms with Crippen molar-refractivity contribution in [1.82, 2.24) is 0 Å². The molecule has 0 heterocycles. The van der Waals surface area contributed by atoms with Gasteiger partial charge in [0.05, 0.1) is 13.2 Å². The summed E-state index contributed by atoms with van der Waals surface area (Å²) in [6.45, 7) is 4.21. The third-order valence-electron chi connectivity index (χ3n) is 0.524. The molecule has 0 aliphatic heterocycles. The van der Waals surface area contributed by atoms with Gasteiger partial charge in [-0.2, -0.15) is 0 Å². The zero-order valence-corrected chi connectivity index (χ0v) is 7.88. The van der Waals surface area contributed by atoms with Crippen LogP contribution in [0.3, 0.4) is 0 Å². The lowest BCUT2D eigenvalue weighted by molar-refractivity contribution is 0.0630. The van der Waals surface area contributed by atoms with Crippen LogP contribution < -0.4 is 0 Å². The average molecular weight is 246 g/mol. The lowest BCUT2D eigenvalue weighted by atomic mass is 10.8. The lowest BCUT2D eigenvalue weighted by Crippen LogP contribution is -2.05. The van der Waals surface area contributed by atoms with Crippen molar-refractivity contribution >= 4 is 30.1 Å². The third kappa shape index (κ3) is 8.00. The van der Waals surface area contributed by atoms with Crippen LogP contribution in [0.25, 0.3) is 0 Å². The summed E-state index contributed by atoms with van der Waals surface area (Å²) in [7, 11) is 0. The van der Waals surface area contributed by atoms with E-state index >= 15 is 0 Å². The average Bonchev–Trinajstić information content (AvgIpc) is 1.68. The maximum absolute atomic E-state index is 10.2. The highest BCUT2D eigenvalue weighted by Gasteiger charge is 1.96. The van der Waals surface area contributed by atoms with Gasteiger partial charge < -0.3 is 9.47 Å². The number of carbonyl (C=O) groups is 1. The molecule has 4 heteroatoms. The van der Waals surface area contributed by atoms with E-state index in [9.17, 15) is 4.79 Å². The van der Waals surface area contributed by atoms with Crippen LogP contribution in [0.1, 0.15) is 13.8 Å².